The van der Waals surface area contributed by atoms with Gasteiger partial charge in [-0.2, -0.15) is 23.5 Å². The van der Waals surface area contributed by atoms with Crippen molar-refractivity contribution in [3.05, 3.63) is 47.5 Å². The standard InChI is InChI=1S/C21H31N6O/c1-14(13-27-6-4-24-5-7-27)8-18-15(2)9-16(11-19(18)28-3)10-17-12-25-21(23)26-20(17)22/h9,11-12,14,24H,2,4-8,10,13H2,1,3H3,(H4,22,23,25,26)/q-1. The van der Waals surface area contributed by atoms with Gasteiger partial charge in [0.2, 0.25) is 5.95 Å². The monoisotopic (exact) mass is 383 g/mol. The van der Waals surface area contributed by atoms with Crippen LogP contribution in [0.2, 0.25) is 0 Å². The minimum atomic E-state index is 0.186. The maximum absolute atomic E-state index is 5.98. The molecule has 1 aromatic heterocycles. The summed E-state index contributed by atoms with van der Waals surface area (Å²) in [5, 5.41) is 3.40. The van der Waals surface area contributed by atoms with Crippen molar-refractivity contribution >= 4 is 11.8 Å². The molecule has 1 saturated heterocycles. The Hall–Kier alpha value is -2.51. The van der Waals surface area contributed by atoms with E-state index in [1.165, 1.54) is 5.56 Å². The van der Waals surface area contributed by atoms with Crippen LogP contribution in [0.15, 0.2) is 18.3 Å². The minimum absolute atomic E-state index is 0.186. The Morgan fingerprint density at radius 2 is 2.04 bits per heavy atom. The molecule has 2 aromatic rings. The van der Waals surface area contributed by atoms with E-state index in [4.69, 9.17) is 16.2 Å². The van der Waals surface area contributed by atoms with Crippen LogP contribution in [-0.2, 0) is 12.8 Å². The predicted octanol–water partition coefficient (Wildman–Crippen LogP) is 1.51. The lowest BCUT2D eigenvalue weighted by Gasteiger charge is -2.31. The fraction of sp³-hybridized carbons (Fsp3) is 0.476. The van der Waals surface area contributed by atoms with Crippen LogP contribution in [0.3, 0.4) is 0 Å². The zero-order valence-corrected chi connectivity index (χ0v) is 16.9. The second-order valence-electron chi connectivity index (χ2n) is 7.61. The van der Waals surface area contributed by atoms with Crippen LogP contribution in [0, 0.1) is 12.8 Å². The van der Waals surface area contributed by atoms with Gasteiger partial charge >= 0.3 is 0 Å². The van der Waals surface area contributed by atoms with Crippen molar-refractivity contribution in [1.82, 2.24) is 20.2 Å². The first-order chi connectivity index (χ1) is 13.5. The molecule has 7 heteroatoms. The van der Waals surface area contributed by atoms with Crippen LogP contribution >= 0.6 is 0 Å². The topological polar surface area (TPSA) is 102 Å². The lowest BCUT2D eigenvalue weighted by molar-refractivity contribution is 0.210. The summed E-state index contributed by atoms with van der Waals surface area (Å²) in [5.41, 5.74) is 15.6. The lowest BCUT2D eigenvalue weighted by Crippen LogP contribution is -2.45. The molecule has 152 valence electrons. The number of nitrogens with zero attached hydrogens (tertiary/aromatic N) is 3. The highest BCUT2D eigenvalue weighted by atomic mass is 16.5. The Morgan fingerprint density at radius 1 is 1.29 bits per heavy atom. The molecular weight excluding hydrogens is 352 g/mol. The molecule has 1 atom stereocenters. The predicted molar refractivity (Wildman–Crippen MR) is 113 cm³/mol. The number of nitrogen functional groups attached to an aromatic ring is 2. The van der Waals surface area contributed by atoms with Gasteiger partial charge in [0.05, 0.1) is 12.9 Å². The summed E-state index contributed by atoms with van der Waals surface area (Å²) in [6, 6.07) is 4.17. The SMILES string of the molecule is [CH2-]c1cc(Cc2cnc(N)nc2N)cc(OC)c1CC(C)CN1CCNCC1. The number of methoxy groups -OCH3 is 1. The molecule has 1 unspecified atom stereocenters. The average molecular weight is 384 g/mol. The van der Waals surface area contributed by atoms with Gasteiger partial charge in [-0.05, 0) is 18.4 Å². The Kier molecular flexibility index (Phi) is 6.59. The van der Waals surface area contributed by atoms with Crippen LogP contribution < -0.4 is 21.5 Å². The molecule has 0 amide bonds. The van der Waals surface area contributed by atoms with Crippen LogP contribution in [0.25, 0.3) is 0 Å². The number of nitrogens with one attached hydrogen (secondary N) is 1. The highest BCUT2D eigenvalue weighted by molar-refractivity contribution is 5.49. The van der Waals surface area contributed by atoms with Gasteiger partial charge < -0.3 is 26.4 Å². The molecule has 0 spiro atoms. The highest BCUT2D eigenvalue weighted by Crippen LogP contribution is 2.29. The summed E-state index contributed by atoms with van der Waals surface area (Å²) in [7, 11) is 1.71. The molecule has 0 radical (unpaired) electrons. The summed E-state index contributed by atoms with van der Waals surface area (Å²) in [4.78, 5) is 10.6. The fourth-order valence-electron chi connectivity index (χ4n) is 3.82. The highest BCUT2D eigenvalue weighted by Gasteiger charge is 2.14. The van der Waals surface area contributed by atoms with E-state index in [1.807, 2.05) is 0 Å². The number of rotatable bonds is 7. The number of piperazine rings is 1. The third kappa shape index (κ3) is 5.05. The Bertz CT molecular complexity index is 804. The summed E-state index contributed by atoms with van der Waals surface area (Å²) in [6.07, 6.45) is 3.23. The van der Waals surface area contributed by atoms with Crippen molar-refractivity contribution in [3.8, 4) is 5.75 Å². The van der Waals surface area contributed by atoms with Crippen LogP contribution in [0.1, 0.15) is 29.2 Å². The van der Waals surface area contributed by atoms with Gasteiger partial charge in [-0.25, -0.2) is 4.98 Å². The van der Waals surface area contributed by atoms with Crippen LogP contribution in [-0.4, -0.2) is 54.7 Å². The second kappa shape index (κ2) is 9.12. The maximum Gasteiger partial charge on any atom is 0.221 e. The normalized spacial score (nSPS) is 16.1. The third-order valence-electron chi connectivity index (χ3n) is 5.22. The molecule has 1 aliphatic heterocycles. The summed E-state index contributed by atoms with van der Waals surface area (Å²) >= 11 is 0. The van der Waals surface area contributed by atoms with Crippen molar-refractivity contribution in [2.45, 2.75) is 19.8 Å². The molecule has 0 saturated carbocycles. The number of aromatic nitrogens is 2. The summed E-state index contributed by atoms with van der Waals surface area (Å²) in [6.45, 7) is 12.0. The molecule has 28 heavy (non-hydrogen) atoms. The van der Waals surface area contributed by atoms with E-state index in [1.54, 1.807) is 13.3 Å². The average Bonchev–Trinajstić information content (AvgIpc) is 2.66. The molecule has 3 rings (SSSR count). The first-order valence-corrected chi connectivity index (χ1v) is 9.78. The van der Waals surface area contributed by atoms with E-state index in [0.717, 1.165) is 61.6 Å². The van der Waals surface area contributed by atoms with Crippen molar-refractivity contribution in [1.29, 1.82) is 0 Å². The molecule has 1 aliphatic rings. The lowest BCUT2D eigenvalue weighted by atomic mass is 9.93. The Morgan fingerprint density at radius 3 is 2.71 bits per heavy atom. The van der Waals surface area contributed by atoms with Gasteiger partial charge in [0.15, 0.2) is 0 Å². The zero-order chi connectivity index (χ0) is 20.1. The number of nitrogens with two attached hydrogens (primary N) is 2. The molecule has 1 fully saturated rings. The first kappa shape index (κ1) is 20.2. The molecular formula is C21H31N6O-. The van der Waals surface area contributed by atoms with Gasteiger partial charge in [0.25, 0.3) is 0 Å². The van der Waals surface area contributed by atoms with Gasteiger partial charge in [-0.15, -0.1) is 5.56 Å². The van der Waals surface area contributed by atoms with E-state index in [0.29, 0.717) is 18.2 Å². The molecule has 0 aliphatic carbocycles. The smallest absolute Gasteiger partial charge is 0.221 e. The number of anilines is 2. The van der Waals surface area contributed by atoms with Gasteiger partial charge in [0.1, 0.15) is 5.82 Å². The summed E-state index contributed by atoms with van der Waals surface area (Å²) in [5.74, 6) is 2.00. The van der Waals surface area contributed by atoms with Crippen molar-refractivity contribution in [2.75, 3.05) is 51.3 Å². The van der Waals surface area contributed by atoms with E-state index < -0.39 is 0 Å². The van der Waals surface area contributed by atoms with E-state index in [9.17, 15) is 0 Å². The third-order valence-corrected chi connectivity index (χ3v) is 5.22. The maximum atomic E-state index is 5.98. The molecule has 7 nitrogen and oxygen atoms in total. The molecule has 0 bridgehead atoms. The molecule has 2 heterocycles. The molecule has 5 N–H and O–H groups in total. The van der Waals surface area contributed by atoms with E-state index in [-0.39, 0.29) is 5.95 Å². The van der Waals surface area contributed by atoms with Gasteiger partial charge in [0, 0.05) is 44.5 Å². The molecule has 1 aromatic carbocycles. The van der Waals surface area contributed by atoms with Gasteiger partial charge in [-0.3, -0.25) is 0 Å². The zero-order valence-electron chi connectivity index (χ0n) is 16.9. The van der Waals surface area contributed by atoms with Crippen molar-refractivity contribution in [3.63, 3.8) is 0 Å². The van der Waals surface area contributed by atoms with Crippen LogP contribution in [0.4, 0.5) is 11.8 Å². The fourth-order valence-corrected chi connectivity index (χ4v) is 3.82. The van der Waals surface area contributed by atoms with Crippen LogP contribution in [0.5, 0.6) is 5.75 Å². The number of benzene rings is 1. The largest absolute Gasteiger partial charge is 0.509 e. The van der Waals surface area contributed by atoms with Crippen molar-refractivity contribution in [2.24, 2.45) is 5.92 Å². The minimum Gasteiger partial charge on any atom is -0.509 e. The second-order valence-corrected chi connectivity index (χ2v) is 7.61. The van der Waals surface area contributed by atoms with E-state index in [2.05, 4.69) is 46.2 Å². The number of hydrogen-bond donors (Lipinski definition) is 3. The first-order valence-electron chi connectivity index (χ1n) is 9.78. The van der Waals surface area contributed by atoms with Crippen molar-refractivity contribution < 1.29 is 4.74 Å². The Labute approximate surface area is 167 Å². The van der Waals surface area contributed by atoms with E-state index >= 15 is 0 Å². The van der Waals surface area contributed by atoms with Gasteiger partial charge in [-0.1, -0.05) is 18.9 Å². The number of ether oxygens (including phenoxy) is 1. The quantitative estimate of drug-likeness (QED) is 0.623. The number of hydrogen-bond acceptors (Lipinski definition) is 7. The Balaban J connectivity index is 1.73. The summed E-state index contributed by atoms with van der Waals surface area (Å²) < 4.78 is 5.70.